The van der Waals surface area contributed by atoms with Crippen molar-refractivity contribution < 1.29 is 14.7 Å². The summed E-state index contributed by atoms with van der Waals surface area (Å²) in [7, 11) is 0. The number of benzene rings is 2. The number of carbonyl (C=O) groups is 1. The van der Waals surface area contributed by atoms with E-state index in [1.54, 1.807) is 18.4 Å². The van der Waals surface area contributed by atoms with Crippen molar-refractivity contribution in [2.24, 2.45) is 0 Å². The number of rotatable bonds is 4. The second-order valence-corrected chi connectivity index (χ2v) is 7.12. The molecular formula is C18H20BrNO3S. The lowest BCUT2D eigenvalue weighted by Gasteiger charge is -2.19. The molecule has 0 heterocycles. The van der Waals surface area contributed by atoms with E-state index in [0.717, 1.165) is 33.1 Å². The Morgan fingerprint density at radius 2 is 1.88 bits per heavy atom. The van der Waals surface area contributed by atoms with E-state index in [9.17, 15) is 10.0 Å². The van der Waals surface area contributed by atoms with Crippen molar-refractivity contribution in [2.45, 2.75) is 27.4 Å². The van der Waals surface area contributed by atoms with Crippen molar-refractivity contribution >= 4 is 38.6 Å². The average molecular weight is 410 g/mol. The van der Waals surface area contributed by atoms with E-state index in [2.05, 4.69) is 28.9 Å². The Bertz CT molecular complexity index is 764. The zero-order valence-electron chi connectivity index (χ0n) is 14.1. The predicted molar refractivity (Wildman–Crippen MR) is 102 cm³/mol. The molecule has 0 bridgehead atoms. The van der Waals surface area contributed by atoms with Crippen LogP contribution in [-0.2, 0) is 6.61 Å². The van der Waals surface area contributed by atoms with Crippen LogP contribution in [0.15, 0.2) is 34.8 Å². The van der Waals surface area contributed by atoms with Crippen LogP contribution in [0.1, 0.15) is 22.3 Å². The number of thioether (sulfide) groups is 1. The maximum atomic E-state index is 11.8. The molecule has 24 heavy (non-hydrogen) atoms. The van der Waals surface area contributed by atoms with Gasteiger partial charge in [-0.3, -0.25) is 10.0 Å². The number of anilines is 1. The number of aryl methyl sites for hydroxylation is 3. The molecule has 0 aliphatic carbocycles. The van der Waals surface area contributed by atoms with Gasteiger partial charge in [0.25, 0.3) is 0 Å². The van der Waals surface area contributed by atoms with Gasteiger partial charge < -0.3 is 4.74 Å². The van der Waals surface area contributed by atoms with Crippen LogP contribution in [0.3, 0.4) is 0 Å². The Balaban J connectivity index is 2.30. The van der Waals surface area contributed by atoms with Crippen LogP contribution < -0.4 is 9.80 Å². The molecule has 0 unspecified atom stereocenters. The Morgan fingerprint density at radius 3 is 2.54 bits per heavy atom. The fraction of sp³-hybridized carbons (Fsp3) is 0.278. The summed E-state index contributed by atoms with van der Waals surface area (Å²) in [5.74, 6) is 0.792. The molecule has 128 valence electrons. The molecule has 0 radical (unpaired) electrons. The summed E-state index contributed by atoms with van der Waals surface area (Å²) in [5, 5.41) is 10.3. The van der Waals surface area contributed by atoms with Crippen LogP contribution in [0.4, 0.5) is 10.5 Å². The standard InChI is InChI=1S/C18H20BrNO3S/c1-11-8-13(3)17(9-12(11)2)23-10-14-15(19)6-5-7-16(14)20(22)18(21)24-4/h5-9,22H,10H2,1-4H3. The molecule has 1 N–H and O–H groups in total. The van der Waals surface area contributed by atoms with E-state index in [0.29, 0.717) is 16.3 Å². The van der Waals surface area contributed by atoms with Crippen molar-refractivity contribution in [2.75, 3.05) is 11.3 Å². The van der Waals surface area contributed by atoms with E-state index >= 15 is 0 Å². The lowest BCUT2D eigenvalue weighted by Crippen LogP contribution is -2.24. The Kier molecular flexibility index (Phi) is 6.32. The first-order chi connectivity index (χ1) is 11.3. The summed E-state index contributed by atoms with van der Waals surface area (Å²) in [4.78, 5) is 11.8. The minimum absolute atomic E-state index is 0.235. The van der Waals surface area contributed by atoms with Crippen molar-refractivity contribution in [3.05, 3.63) is 57.1 Å². The van der Waals surface area contributed by atoms with Gasteiger partial charge in [0.2, 0.25) is 0 Å². The number of amides is 1. The van der Waals surface area contributed by atoms with Gasteiger partial charge in [0.15, 0.2) is 0 Å². The fourth-order valence-corrected chi connectivity index (χ4v) is 3.05. The molecule has 0 atom stereocenters. The number of hydroxylamine groups is 1. The zero-order chi connectivity index (χ0) is 17.9. The fourth-order valence-electron chi connectivity index (χ4n) is 2.31. The van der Waals surface area contributed by atoms with Crippen LogP contribution in [0.25, 0.3) is 0 Å². The van der Waals surface area contributed by atoms with Crippen LogP contribution in [0.5, 0.6) is 5.75 Å². The summed E-state index contributed by atoms with van der Waals surface area (Å²) >= 11 is 4.41. The Morgan fingerprint density at radius 1 is 1.21 bits per heavy atom. The SMILES string of the molecule is CSC(=O)N(O)c1cccc(Br)c1COc1cc(C)c(C)cc1C. The number of carbonyl (C=O) groups excluding carboxylic acids is 1. The Labute approximate surface area is 154 Å². The van der Waals surface area contributed by atoms with Gasteiger partial charge in [0, 0.05) is 10.0 Å². The van der Waals surface area contributed by atoms with Crippen LogP contribution in [0, 0.1) is 20.8 Å². The number of hydrogen-bond acceptors (Lipinski definition) is 4. The lowest BCUT2D eigenvalue weighted by molar-refractivity contribution is 0.223. The average Bonchev–Trinajstić information content (AvgIpc) is 2.56. The monoisotopic (exact) mass is 409 g/mol. The smallest absolute Gasteiger partial charge is 0.309 e. The van der Waals surface area contributed by atoms with Gasteiger partial charge in [0.1, 0.15) is 12.4 Å². The summed E-state index contributed by atoms with van der Waals surface area (Å²) < 4.78 is 6.73. The molecule has 1 amide bonds. The number of hydrogen-bond donors (Lipinski definition) is 1. The molecule has 4 nitrogen and oxygen atoms in total. The van der Waals surface area contributed by atoms with E-state index in [4.69, 9.17) is 4.74 Å². The predicted octanol–water partition coefficient (Wildman–Crippen LogP) is 5.63. The topological polar surface area (TPSA) is 49.8 Å². The molecule has 0 aliphatic rings. The summed E-state index contributed by atoms with van der Waals surface area (Å²) in [6, 6.07) is 9.39. The molecule has 2 rings (SSSR count). The van der Waals surface area contributed by atoms with Crippen molar-refractivity contribution in [1.82, 2.24) is 0 Å². The highest BCUT2D eigenvalue weighted by Crippen LogP contribution is 2.31. The summed E-state index contributed by atoms with van der Waals surface area (Å²) in [6.07, 6.45) is 1.62. The number of ether oxygens (including phenoxy) is 1. The second-order valence-electron chi connectivity index (χ2n) is 5.51. The normalized spacial score (nSPS) is 10.6. The summed E-state index contributed by atoms with van der Waals surface area (Å²) in [5.41, 5.74) is 4.54. The first-order valence-electron chi connectivity index (χ1n) is 7.40. The van der Waals surface area contributed by atoms with Crippen molar-refractivity contribution in [1.29, 1.82) is 0 Å². The highest BCUT2D eigenvalue weighted by atomic mass is 79.9. The van der Waals surface area contributed by atoms with Gasteiger partial charge in [-0.25, -0.2) is 0 Å². The van der Waals surface area contributed by atoms with Crippen LogP contribution in [-0.4, -0.2) is 16.7 Å². The van der Waals surface area contributed by atoms with Gasteiger partial charge in [0.05, 0.1) is 5.69 Å². The molecule has 0 fully saturated rings. The van der Waals surface area contributed by atoms with Gasteiger partial charge in [-0.2, -0.15) is 5.06 Å². The molecule has 0 spiro atoms. The van der Waals surface area contributed by atoms with E-state index < -0.39 is 5.24 Å². The van der Waals surface area contributed by atoms with Crippen molar-refractivity contribution in [3.63, 3.8) is 0 Å². The highest BCUT2D eigenvalue weighted by Gasteiger charge is 2.18. The summed E-state index contributed by atoms with van der Waals surface area (Å²) in [6.45, 7) is 6.34. The van der Waals surface area contributed by atoms with E-state index in [-0.39, 0.29) is 6.61 Å². The van der Waals surface area contributed by atoms with Gasteiger partial charge in [-0.15, -0.1) is 0 Å². The minimum Gasteiger partial charge on any atom is -0.489 e. The Hall–Kier alpha value is -1.50. The molecule has 2 aromatic rings. The quantitative estimate of drug-likeness (QED) is 0.524. The third-order valence-corrected chi connectivity index (χ3v) is 5.10. The van der Waals surface area contributed by atoms with Gasteiger partial charge in [-0.1, -0.05) is 39.8 Å². The van der Waals surface area contributed by atoms with Crippen LogP contribution in [0.2, 0.25) is 0 Å². The molecule has 6 heteroatoms. The maximum Gasteiger partial charge on any atom is 0.309 e. The highest BCUT2D eigenvalue weighted by molar-refractivity contribution is 9.10. The van der Waals surface area contributed by atoms with Crippen molar-refractivity contribution in [3.8, 4) is 5.75 Å². The van der Waals surface area contributed by atoms with Gasteiger partial charge in [-0.05, 0) is 61.9 Å². The largest absolute Gasteiger partial charge is 0.489 e. The first-order valence-corrected chi connectivity index (χ1v) is 9.42. The molecular weight excluding hydrogens is 390 g/mol. The van der Waals surface area contributed by atoms with Crippen LogP contribution >= 0.6 is 27.7 Å². The zero-order valence-corrected chi connectivity index (χ0v) is 16.5. The van der Waals surface area contributed by atoms with E-state index in [1.165, 1.54) is 5.56 Å². The molecule has 2 aromatic carbocycles. The molecule has 0 aromatic heterocycles. The number of halogens is 1. The molecule has 0 saturated carbocycles. The second kappa shape index (κ2) is 8.05. The minimum atomic E-state index is -0.447. The molecule has 0 saturated heterocycles. The molecule has 0 aliphatic heterocycles. The third kappa shape index (κ3) is 4.12. The first kappa shape index (κ1) is 18.8. The number of nitrogens with zero attached hydrogens (tertiary/aromatic N) is 1. The van der Waals surface area contributed by atoms with Gasteiger partial charge >= 0.3 is 5.24 Å². The lowest BCUT2D eigenvalue weighted by atomic mass is 10.1. The van der Waals surface area contributed by atoms with E-state index in [1.807, 2.05) is 26.0 Å². The third-order valence-electron chi connectivity index (χ3n) is 3.83. The maximum absolute atomic E-state index is 11.8.